The van der Waals surface area contributed by atoms with Crippen LogP contribution in [0.5, 0.6) is 0 Å². The molecule has 58 heavy (non-hydrogen) atoms. The predicted octanol–water partition coefficient (Wildman–Crippen LogP) is -9.49. The fourth-order valence-corrected chi connectivity index (χ4v) is 8.17. The second kappa shape index (κ2) is 19.8. The van der Waals surface area contributed by atoms with E-state index in [9.17, 15) is 53.1 Å². The fraction of sp³-hybridized carbons (Fsp3) is 0.586. The minimum Gasteiger partial charge on any atom is -0.756 e. The van der Waals surface area contributed by atoms with Crippen LogP contribution in [-0.4, -0.2) is 95.3 Å². The molecule has 3 saturated heterocycles. The number of nitrogens with one attached hydrogen (secondary N) is 2. The maximum Gasteiger partial charge on any atom is 1.00 e. The summed E-state index contributed by atoms with van der Waals surface area (Å²) in [5.41, 5.74) is 1.82. The molecule has 0 bridgehead atoms. The summed E-state index contributed by atoms with van der Waals surface area (Å²) in [6.45, 7) is 0.342. The van der Waals surface area contributed by atoms with E-state index in [0.717, 1.165) is 19.9 Å². The number of hydrogen-bond acceptors (Lipinski definition) is 20. The minimum atomic E-state index is -5.35. The van der Waals surface area contributed by atoms with Gasteiger partial charge in [0.1, 0.15) is 42.8 Å². The number of phosphoric acid groups is 2. The predicted molar refractivity (Wildman–Crippen MR) is 181 cm³/mol. The van der Waals surface area contributed by atoms with Crippen LogP contribution in [0.2, 0.25) is 0 Å². The van der Waals surface area contributed by atoms with Crippen molar-refractivity contribution in [1.29, 1.82) is 0 Å². The van der Waals surface area contributed by atoms with Crippen molar-refractivity contribution in [2.24, 2.45) is 0 Å². The van der Waals surface area contributed by atoms with Crippen molar-refractivity contribution >= 4 is 21.5 Å². The van der Waals surface area contributed by atoms with E-state index in [1.54, 1.807) is 0 Å². The summed E-state index contributed by atoms with van der Waals surface area (Å²) in [7, 11) is -10.7. The Bertz CT molecular complexity index is 2340. The maximum atomic E-state index is 13.1. The van der Waals surface area contributed by atoms with Gasteiger partial charge in [0, 0.05) is 49.0 Å². The number of aliphatic hydroxyl groups is 2. The number of aromatic nitrogens is 6. The number of hydrogen-bond donors (Lipinski definition) is 5. The largest absolute Gasteiger partial charge is 1.00 e. The van der Waals surface area contributed by atoms with Gasteiger partial charge in [-0.25, -0.2) is 14.4 Å². The van der Waals surface area contributed by atoms with Crippen LogP contribution in [0.25, 0.3) is 0 Å². The quantitative estimate of drug-likeness (QED) is 0.0741. The number of aliphatic hydroxyl groups excluding tert-OH is 2. The van der Waals surface area contributed by atoms with Gasteiger partial charge in [-0.05, 0) is 19.9 Å². The number of rotatable bonds is 14. The summed E-state index contributed by atoms with van der Waals surface area (Å²) in [5.74, 6) is -0.0488. The van der Waals surface area contributed by atoms with Crippen LogP contribution < -0.4 is 103 Å². The van der Waals surface area contributed by atoms with Gasteiger partial charge in [0.25, 0.3) is 26.8 Å². The molecule has 3 aliphatic heterocycles. The monoisotopic (exact) mass is 879 g/mol. The van der Waals surface area contributed by atoms with Crippen LogP contribution in [-0.2, 0) is 41.4 Å². The van der Waals surface area contributed by atoms with Crippen molar-refractivity contribution in [3.63, 3.8) is 0 Å². The van der Waals surface area contributed by atoms with E-state index >= 15 is 0 Å². The minimum absolute atomic E-state index is 0. The van der Waals surface area contributed by atoms with Crippen molar-refractivity contribution in [3.8, 4) is 0 Å². The standard InChI is InChI=1S/C29H39N7O18P2.2Na/c1-13-8-35(28(42)32-25(13)39)23-6-16(18(10-37)50-23)53-56(46,47)49-12-20-17(7-24(52-20)36-9-14(2)26(40)33-29(36)43)54-55(44,45)48-11-19-15(38)5-22(51-19)34-4-3-21(30)31-27(34)41;;/h3-4,8-9,15-20,22-24,37-38H,5-7,10-12H2,1-2H3,(H,44,45)(H,46,47)(H2,30,31,41)(H,32,39,42)(H,33,40,43);;/q;2*+1/p-2/t15-,16-,17-,18+,19+,20+,22+,23+,24+;;/m0../s1. The second-order valence-electron chi connectivity index (χ2n) is 13.1. The van der Waals surface area contributed by atoms with Crippen molar-refractivity contribution in [2.45, 2.75) is 88.4 Å². The first-order valence-electron chi connectivity index (χ1n) is 16.8. The first-order chi connectivity index (χ1) is 26.3. The first-order valence-corrected chi connectivity index (χ1v) is 19.8. The van der Waals surface area contributed by atoms with E-state index in [1.807, 2.05) is 0 Å². The Morgan fingerprint density at radius 1 is 0.793 bits per heavy atom. The Kier molecular flexibility index (Phi) is 16.7. The molecule has 11 atom stereocenters. The molecular formula is C29H37N7Na2O18P2. The van der Waals surface area contributed by atoms with Gasteiger partial charge < -0.3 is 58.0 Å². The molecule has 0 aromatic carbocycles. The molecule has 29 heteroatoms. The number of aromatic amines is 2. The summed E-state index contributed by atoms with van der Waals surface area (Å²) < 4.78 is 66.6. The van der Waals surface area contributed by atoms with Gasteiger partial charge in [-0.2, -0.15) is 4.98 Å². The zero-order valence-electron chi connectivity index (χ0n) is 31.4. The van der Waals surface area contributed by atoms with E-state index in [1.165, 1.54) is 32.3 Å². The molecule has 3 aromatic rings. The third kappa shape index (κ3) is 11.5. The van der Waals surface area contributed by atoms with E-state index in [-0.39, 0.29) is 88.9 Å². The summed E-state index contributed by atoms with van der Waals surface area (Å²) >= 11 is 0. The van der Waals surface area contributed by atoms with Crippen LogP contribution in [0.1, 0.15) is 49.1 Å². The van der Waals surface area contributed by atoms with E-state index in [4.69, 9.17) is 38.0 Å². The smallest absolute Gasteiger partial charge is 0.756 e. The van der Waals surface area contributed by atoms with Gasteiger partial charge in [0.2, 0.25) is 0 Å². The molecule has 0 radical (unpaired) electrons. The molecule has 6 rings (SSSR count). The van der Waals surface area contributed by atoms with Crippen molar-refractivity contribution in [1.82, 2.24) is 28.7 Å². The van der Waals surface area contributed by atoms with Crippen LogP contribution in [0.3, 0.4) is 0 Å². The third-order valence-electron chi connectivity index (χ3n) is 9.14. The van der Waals surface area contributed by atoms with Crippen molar-refractivity contribution < 1.29 is 121 Å². The molecule has 3 fully saturated rings. The molecular weight excluding hydrogens is 842 g/mol. The number of aryl methyl sites for hydroxylation is 2. The molecule has 0 spiro atoms. The van der Waals surface area contributed by atoms with Gasteiger partial charge in [0.15, 0.2) is 0 Å². The topological polar surface area (TPSA) is 356 Å². The molecule has 0 aliphatic carbocycles. The number of phosphoric ester groups is 2. The summed E-state index contributed by atoms with van der Waals surface area (Å²) in [5, 5.41) is 20.3. The summed E-state index contributed by atoms with van der Waals surface area (Å²) in [6.07, 6.45) is -9.09. The number of ether oxygens (including phenoxy) is 3. The molecule has 6 N–H and O–H groups in total. The number of anilines is 1. The van der Waals surface area contributed by atoms with Crippen LogP contribution in [0.4, 0.5) is 5.82 Å². The van der Waals surface area contributed by atoms with E-state index < -0.39 is 125 Å². The maximum absolute atomic E-state index is 13.1. The van der Waals surface area contributed by atoms with E-state index in [2.05, 4.69) is 15.0 Å². The zero-order chi connectivity index (χ0) is 40.7. The molecule has 3 aliphatic rings. The molecule has 3 aromatic heterocycles. The Morgan fingerprint density at radius 2 is 1.24 bits per heavy atom. The van der Waals surface area contributed by atoms with Gasteiger partial charge in [-0.15, -0.1) is 0 Å². The zero-order valence-corrected chi connectivity index (χ0v) is 37.2. The van der Waals surface area contributed by atoms with Crippen LogP contribution >= 0.6 is 15.6 Å². The Balaban J connectivity index is 0.00000372. The molecule has 0 amide bonds. The Hall–Kier alpha value is -1.94. The third-order valence-corrected chi connectivity index (χ3v) is 11.1. The number of nitrogen functional groups attached to an aromatic ring is 1. The van der Waals surface area contributed by atoms with Gasteiger partial charge in [-0.3, -0.25) is 42.4 Å². The van der Waals surface area contributed by atoms with Gasteiger partial charge >= 0.3 is 76.2 Å². The average molecular weight is 880 g/mol. The van der Waals surface area contributed by atoms with Crippen molar-refractivity contribution in [2.75, 3.05) is 25.6 Å². The Labute approximate surface area is 370 Å². The summed E-state index contributed by atoms with van der Waals surface area (Å²) in [6, 6.07) is 1.32. The van der Waals surface area contributed by atoms with Crippen LogP contribution in [0, 0.1) is 13.8 Å². The molecule has 308 valence electrons. The number of H-pyrrole nitrogens is 2. The molecule has 0 saturated carbocycles. The van der Waals surface area contributed by atoms with E-state index in [0.29, 0.717) is 0 Å². The number of nitrogens with two attached hydrogens (primary N) is 1. The normalized spacial score (nSPS) is 29.0. The van der Waals surface area contributed by atoms with Crippen molar-refractivity contribution in [3.05, 3.63) is 87.9 Å². The second-order valence-corrected chi connectivity index (χ2v) is 15.8. The summed E-state index contributed by atoms with van der Waals surface area (Å²) in [4.78, 5) is 94.9. The fourth-order valence-electron chi connectivity index (χ4n) is 6.28. The Morgan fingerprint density at radius 3 is 1.74 bits per heavy atom. The van der Waals surface area contributed by atoms with Gasteiger partial charge in [-0.1, -0.05) is 0 Å². The molecule has 25 nitrogen and oxygen atoms in total. The average Bonchev–Trinajstić information content (AvgIpc) is 3.82. The number of nitrogens with zero attached hydrogens (tertiary/aromatic N) is 4. The molecule has 6 heterocycles. The van der Waals surface area contributed by atoms with Gasteiger partial charge in [0.05, 0.1) is 38.1 Å². The SMILES string of the molecule is Cc1cn([C@H]2C[C@H](OP(=O)([O-])OC[C@H]3O[C@@H](n4cc(C)c(=O)[nH]c4=O)C[C@@H]3OP(=O)([O-])OC[C@H]3O[C@@H](n4ccc(N)nc4=O)C[C@@H]3O)[C@@H](CO)O2)c(=O)[nH]c1=O.[Na+].[Na+]. The van der Waals surface area contributed by atoms with Crippen LogP contribution in [0.15, 0.2) is 48.6 Å². The first kappa shape index (κ1) is 48.7. The molecule has 2 unspecified atom stereocenters.